The highest BCUT2D eigenvalue weighted by Gasteiger charge is 2.19. The third-order valence-electron chi connectivity index (χ3n) is 5.29. The second-order valence-corrected chi connectivity index (χ2v) is 8.56. The SMILES string of the molecule is COc1c(/C(C)=C/C(=O)Nc2ncc([N+](=O)[O-])s2)cc2c(-c3ccc(C)cc3)coc2c1C. The number of thiazole rings is 1. The van der Waals surface area contributed by atoms with Crippen LogP contribution in [0.15, 0.2) is 53.3 Å². The van der Waals surface area contributed by atoms with Gasteiger partial charge in [0.15, 0.2) is 5.13 Å². The number of allylic oxidation sites excluding steroid dienone is 1. The Morgan fingerprint density at radius 3 is 2.64 bits per heavy atom. The van der Waals surface area contributed by atoms with Gasteiger partial charge in [-0.15, -0.1) is 0 Å². The predicted molar refractivity (Wildman–Crippen MR) is 129 cm³/mol. The van der Waals surface area contributed by atoms with Crippen molar-refractivity contribution in [3.63, 3.8) is 0 Å². The summed E-state index contributed by atoms with van der Waals surface area (Å²) in [6.07, 6.45) is 4.26. The average molecular weight is 464 g/mol. The Kier molecular flexibility index (Phi) is 5.97. The van der Waals surface area contributed by atoms with Crippen LogP contribution < -0.4 is 10.1 Å². The van der Waals surface area contributed by atoms with Crippen LogP contribution >= 0.6 is 11.3 Å². The molecule has 1 N–H and O–H groups in total. The number of hydrogen-bond donors (Lipinski definition) is 1. The lowest BCUT2D eigenvalue weighted by atomic mass is 9.96. The molecule has 0 bridgehead atoms. The maximum atomic E-state index is 12.5. The Morgan fingerprint density at radius 1 is 1.27 bits per heavy atom. The number of fused-ring (bicyclic) bond motifs is 1. The van der Waals surface area contributed by atoms with Gasteiger partial charge in [-0.2, -0.15) is 0 Å². The quantitative estimate of drug-likeness (QED) is 0.209. The van der Waals surface area contributed by atoms with Crippen molar-refractivity contribution in [2.24, 2.45) is 0 Å². The van der Waals surface area contributed by atoms with E-state index in [1.807, 2.05) is 44.2 Å². The standard InChI is InChI=1S/C24H21N3O5S/c1-13-5-7-16(8-6-13)19-12-32-23-15(3)22(31-4)17(10-18(19)23)14(2)9-20(28)26-24-25-11-21(33-24)27(29)30/h5-12H,1-4H3,(H,25,26,28)/b14-9+. The fraction of sp³-hybridized carbons (Fsp3) is 0.167. The Bertz CT molecular complexity index is 1400. The molecule has 0 spiro atoms. The number of carbonyl (C=O) groups excluding carboxylic acids is 1. The average Bonchev–Trinajstić information content (AvgIpc) is 3.41. The smallest absolute Gasteiger partial charge is 0.345 e. The molecule has 4 rings (SSSR count). The van der Waals surface area contributed by atoms with Gasteiger partial charge in [0.1, 0.15) is 17.5 Å². The maximum absolute atomic E-state index is 12.5. The summed E-state index contributed by atoms with van der Waals surface area (Å²) in [5, 5.41) is 14.3. The molecule has 0 radical (unpaired) electrons. The monoisotopic (exact) mass is 463 g/mol. The van der Waals surface area contributed by atoms with Crippen LogP contribution in [0, 0.1) is 24.0 Å². The predicted octanol–water partition coefficient (Wildman–Crippen LogP) is 6.13. The molecule has 0 saturated heterocycles. The van der Waals surface area contributed by atoms with E-state index in [1.54, 1.807) is 20.3 Å². The van der Waals surface area contributed by atoms with Crippen molar-refractivity contribution in [3.8, 4) is 16.9 Å². The van der Waals surface area contributed by atoms with Crippen LogP contribution in [0.2, 0.25) is 0 Å². The highest BCUT2D eigenvalue weighted by molar-refractivity contribution is 7.18. The van der Waals surface area contributed by atoms with Gasteiger partial charge in [-0.1, -0.05) is 29.8 Å². The number of benzene rings is 2. The highest BCUT2D eigenvalue weighted by Crippen LogP contribution is 2.40. The van der Waals surface area contributed by atoms with Crippen molar-refractivity contribution < 1.29 is 18.9 Å². The normalized spacial score (nSPS) is 11.6. The van der Waals surface area contributed by atoms with Crippen molar-refractivity contribution >= 4 is 43.9 Å². The summed E-state index contributed by atoms with van der Waals surface area (Å²) in [4.78, 5) is 26.7. The van der Waals surface area contributed by atoms with Crippen molar-refractivity contribution in [3.05, 3.63) is 75.7 Å². The van der Waals surface area contributed by atoms with Crippen LogP contribution in [0.1, 0.15) is 23.6 Å². The first kappa shape index (κ1) is 22.2. The number of nitrogens with zero attached hydrogens (tertiary/aromatic N) is 2. The number of nitrogens with one attached hydrogen (secondary N) is 1. The van der Waals surface area contributed by atoms with E-state index in [-0.39, 0.29) is 10.1 Å². The van der Waals surface area contributed by atoms with E-state index < -0.39 is 10.8 Å². The van der Waals surface area contributed by atoms with Crippen molar-refractivity contribution in [1.82, 2.24) is 4.98 Å². The topological polar surface area (TPSA) is 108 Å². The summed E-state index contributed by atoms with van der Waals surface area (Å²) < 4.78 is 11.5. The van der Waals surface area contributed by atoms with Gasteiger partial charge in [-0.25, -0.2) is 4.98 Å². The number of carbonyl (C=O) groups is 1. The molecule has 1 amide bonds. The number of anilines is 1. The van der Waals surface area contributed by atoms with Crippen LogP contribution in [0.25, 0.3) is 27.7 Å². The Morgan fingerprint density at radius 2 is 2.00 bits per heavy atom. The van der Waals surface area contributed by atoms with Crippen LogP contribution in [0.5, 0.6) is 5.75 Å². The molecule has 0 saturated carbocycles. The molecule has 4 aromatic rings. The van der Waals surface area contributed by atoms with Crippen molar-refractivity contribution in [2.45, 2.75) is 20.8 Å². The third kappa shape index (κ3) is 4.35. The molecule has 0 aliphatic carbocycles. The van der Waals surface area contributed by atoms with Crippen LogP contribution in [0.4, 0.5) is 10.1 Å². The van der Waals surface area contributed by atoms with Gasteiger partial charge in [0.05, 0.1) is 18.3 Å². The summed E-state index contributed by atoms with van der Waals surface area (Å²) >= 11 is 0.797. The number of nitro groups is 1. The van der Waals surface area contributed by atoms with Gasteiger partial charge in [0.2, 0.25) is 5.91 Å². The first-order valence-electron chi connectivity index (χ1n) is 10.0. The summed E-state index contributed by atoms with van der Waals surface area (Å²) in [6, 6.07) is 10.1. The fourth-order valence-electron chi connectivity index (χ4n) is 3.65. The largest absolute Gasteiger partial charge is 0.496 e. The molecule has 0 atom stereocenters. The second kappa shape index (κ2) is 8.87. The number of methoxy groups -OCH3 is 1. The molecule has 2 aromatic heterocycles. The van der Waals surface area contributed by atoms with E-state index >= 15 is 0 Å². The minimum absolute atomic E-state index is 0.141. The third-order valence-corrected chi connectivity index (χ3v) is 6.15. The molecule has 0 unspecified atom stereocenters. The number of amides is 1. The molecule has 2 aromatic carbocycles. The Labute approximate surface area is 193 Å². The van der Waals surface area contributed by atoms with E-state index in [4.69, 9.17) is 9.15 Å². The maximum Gasteiger partial charge on any atom is 0.345 e. The number of ether oxygens (including phenoxy) is 1. The number of hydrogen-bond acceptors (Lipinski definition) is 7. The Balaban J connectivity index is 1.73. The minimum Gasteiger partial charge on any atom is -0.496 e. The van der Waals surface area contributed by atoms with Crippen LogP contribution in [-0.4, -0.2) is 22.9 Å². The first-order valence-corrected chi connectivity index (χ1v) is 10.9. The van der Waals surface area contributed by atoms with Gasteiger partial charge in [-0.05, 0) is 49.3 Å². The van der Waals surface area contributed by atoms with E-state index in [0.29, 0.717) is 11.3 Å². The zero-order chi connectivity index (χ0) is 23.7. The summed E-state index contributed by atoms with van der Waals surface area (Å²) in [5.41, 5.74) is 6.10. The molecule has 9 heteroatoms. The molecule has 168 valence electrons. The first-order chi connectivity index (χ1) is 15.8. The van der Waals surface area contributed by atoms with E-state index in [1.165, 1.54) is 11.6 Å². The van der Waals surface area contributed by atoms with Gasteiger partial charge in [0.25, 0.3) is 0 Å². The van der Waals surface area contributed by atoms with Gasteiger partial charge in [-0.3, -0.25) is 20.2 Å². The lowest BCUT2D eigenvalue weighted by molar-refractivity contribution is -0.380. The minimum atomic E-state index is -0.548. The number of rotatable bonds is 6. The van der Waals surface area contributed by atoms with Gasteiger partial charge < -0.3 is 9.15 Å². The van der Waals surface area contributed by atoms with Gasteiger partial charge in [0, 0.05) is 28.2 Å². The van der Waals surface area contributed by atoms with E-state index in [2.05, 4.69) is 10.3 Å². The molecule has 0 aliphatic rings. The zero-order valence-corrected chi connectivity index (χ0v) is 19.3. The van der Waals surface area contributed by atoms with E-state index in [0.717, 1.165) is 50.8 Å². The lowest BCUT2D eigenvalue weighted by Gasteiger charge is -2.13. The highest BCUT2D eigenvalue weighted by atomic mass is 32.1. The fourth-order valence-corrected chi connectivity index (χ4v) is 4.29. The zero-order valence-electron chi connectivity index (χ0n) is 18.5. The summed E-state index contributed by atoms with van der Waals surface area (Å²) in [6.45, 7) is 5.75. The molecular formula is C24H21N3O5S. The molecule has 8 nitrogen and oxygen atoms in total. The van der Waals surface area contributed by atoms with Gasteiger partial charge >= 0.3 is 5.00 Å². The number of aromatic nitrogens is 1. The van der Waals surface area contributed by atoms with Crippen molar-refractivity contribution in [2.75, 3.05) is 12.4 Å². The molecular weight excluding hydrogens is 442 g/mol. The number of aryl methyl sites for hydroxylation is 2. The van der Waals surface area contributed by atoms with E-state index in [9.17, 15) is 14.9 Å². The second-order valence-electron chi connectivity index (χ2n) is 7.55. The number of furan rings is 1. The molecule has 0 aliphatic heterocycles. The summed E-state index contributed by atoms with van der Waals surface area (Å²) in [7, 11) is 1.57. The molecule has 33 heavy (non-hydrogen) atoms. The van der Waals surface area contributed by atoms with Crippen LogP contribution in [-0.2, 0) is 4.79 Å². The summed E-state index contributed by atoms with van der Waals surface area (Å²) in [5.74, 6) is 0.168. The lowest BCUT2D eigenvalue weighted by Crippen LogP contribution is -2.08. The molecule has 0 fully saturated rings. The molecule has 2 heterocycles. The van der Waals surface area contributed by atoms with Crippen LogP contribution in [0.3, 0.4) is 0 Å². The Hall–Kier alpha value is -3.98. The van der Waals surface area contributed by atoms with Crippen molar-refractivity contribution in [1.29, 1.82) is 0 Å².